The highest BCUT2D eigenvalue weighted by Crippen LogP contribution is 2.54. The van der Waals surface area contributed by atoms with Crippen molar-refractivity contribution in [3.8, 4) is 0 Å². The number of aromatic nitrogens is 2. The van der Waals surface area contributed by atoms with Gasteiger partial charge in [-0.15, -0.1) is 16.8 Å². The van der Waals surface area contributed by atoms with Crippen LogP contribution in [0.2, 0.25) is 0 Å². The van der Waals surface area contributed by atoms with Gasteiger partial charge >= 0.3 is 0 Å². The summed E-state index contributed by atoms with van der Waals surface area (Å²) in [4.78, 5) is 45.5. The van der Waals surface area contributed by atoms with Gasteiger partial charge in [-0.3, -0.25) is 19.3 Å². The second-order valence-corrected chi connectivity index (χ2v) is 10.3. The van der Waals surface area contributed by atoms with E-state index < -0.39 is 22.8 Å². The maximum absolute atomic E-state index is 14.4. The number of anilines is 2. The molecule has 0 saturated heterocycles. The molecule has 0 bridgehead atoms. The first-order valence-corrected chi connectivity index (χ1v) is 12.4. The quantitative estimate of drug-likeness (QED) is 0.384. The molecule has 1 atom stereocenters. The van der Waals surface area contributed by atoms with E-state index in [0.717, 1.165) is 5.56 Å². The Hall–Kier alpha value is -4.11. The Kier molecular flexibility index (Phi) is 4.78. The number of benzene rings is 2. The van der Waals surface area contributed by atoms with E-state index in [0.29, 0.717) is 21.6 Å². The SMILES string of the molecule is C=CCN1C(=O)C2(c3ccccc31)c1c(oc3ccc(C)cc3c1=O)C(=O)N2c1nnc(C(C)C)s1. The molecule has 2 aromatic heterocycles. The molecule has 8 nitrogen and oxygen atoms in total. The molecular formula is C27H22N4O4S. The largest absolute Gasteiger partial charge is 0.450 e. The molecule has 1 spiro atoms. The van der Waals surface area contributed by atoms with E-state index in [9.17, 15) is 14.4 Å². The molecule has 4 heterocycles. The van der Waals surface area contributed by atoms with Gasteiger partial charge in [-0.1, -0.05) is 61.1 Å². The fraction of sp³-hybridized carbons (Fsp3) is 0.222. The lowest BCUT2D eigenvalue weighted by atomic mass is 9.84. The van der Waals surface area contributed by atoms with E-state index in [1.54, 1.807) is 41.3 Å². The van der Waals surface area contributed by atoms with Crippen LogP contribution in [0.1, 0.15) is 52.0 Å². The first-order valence-electron chi connectivity index (χ1n) is 11.6. The Bertz CT molecular complexity index is 1670. The third-order valence-electron chi connectivity index (χ3n) is 6.71. The van der Waals surface area contributed by atoms with Gasteiger partial charge < -0.3 is 9.32 Å². The van der Waals surface area contributed by atoms with Crippen LogP contribution in [-0.2, 0) is 10.3 Å². The smallest absolute Gasteiger partial charge is 0.297 e. The molecule has 0 fully saturated rings. The molecule has 4 aromatic rings. The number of amides is 2. The van der Waals surface area contributed by atoms with Gasteiger partial charge in [0.15, 0.2) is 11.0 Å². The van der Waals surface area contributed by atoms with Gasteiger partial charge in [0.25, 0.3) is 11.8 Å². The number of para-hydroxylation sites is 1. The number of aryl methyl sites for hydroxylation is 1. The van der Waals surface area contributed by atoms with Gasteiger partial charge in [0.05, 0.1) is 16.6 Å². The van der Waals surface area contributed by atoms with E-state index in [2.05, 4.69) is 16.8 Å². The Morgan fingerprint density at radius 1 is 1.14 bits per heavy atom. The molecule has 2 aliphatic heterocycles. The Labute approximate surface area is 210 Å². The number of carbonyl (C=O) groups is 2. The van der Waals surface area contributed by atoms with Gasteiger partial charge in [-0.25, -0.2) is 0 Å². The Balaban J connectivity index is 1.76. The summed E-state index contributed by atoms with van der Waals surface area (Å²) >= 11 is 1.23. The first-order chi connectivity index (χ1) is 17.3. The Morgan fingerprint density at radius 2 is 1.92 bits per heavy atom. The standard InChI is InChI=1S/C27H22N4O4S/c1-5-12-30-18-9-7-6-8-17(18)27(25(30)34)20-21(32)16-13-15(4)10-11-19(16)35-22(20)24(33)31(27)26-29-28-23(36-26)14(2)3/h5-11,13-14H,1,12H2,2-4H3. The summed E-state index contributed by atoms with van der Waals surface area (Å²) in [7, 11) is 0. The minimum absolute atomic E-state index is 0.0101. The molecule has 2 amide bonds. The highest BCUT2D eigenvalue weighted by molar-refractivity contribution is 7.15. The van der Waals surface area contributed by atoms with Crippen molar-refractivity contribution in [2.24, 2.45) is 0 Å². The van der Waals surface area contributed by atoms with Crippen LogP contribution in [0.25, 0.3) is 11.0 Å². The summed E-state index contributed by atoms with van der Waals surface area (Å²) in [6, 6.07) is 12.4. The zero-order valence-corrected chi connectivity index (χ0v) is 20.8. The van der Waals surface area contributed by atoms with E-state index in [1.165, 1.54) is 16.2 Å². The van der Waals surface area contributed by atoms with Crippen LogP contribution in [0.3, 0.4) is 0 Å². The average Bonchev–Trinajstić information content (AvgIpc) is 3.51. The van der Waals surface area contributed by atoms with Crippen LogP contribution in [0.5, 0.6) is 0 Å². The minimum Gasteiger partial charge on any atom is -0.450 e. The average molecular weight is 499 g/mol. The van der Waals surface area contributed by atoms with Crippen LogP contribution in [-0.4, -0.2) is 28.6 Å². The summed E-state index contributed by atoms with van der Waals surface area (Å²) in [6.07, 6.45) is 1.61. The number of fused-ring (bicyclic) bond motifs is 5. The molecule has 0 aliphatic carbocycles. The summed E-state index contributed by atoms with van der Waals surface area (Å²) in [5.41, 5.74) is 0.102. The van der Waals surface area contributed by atoms with Crippen molar-refractivity contribution < 1.29 is 14.0 Å². The molecular weight excluding hydrogens is 476 g/mol. The number of rotatable bonds is 4. The third-order valence-corrected chi connectivity index (χ3v) is 7.92. The van der Waals surface area contributed by atoms with E-state index in [4.69, 9.17) is 4.42 Å². The maximum atomic E-state index is 14.4. The van der Waals surface area contributed by atoms with Crippen molar-refractivity contribution in [2.45, 2.75) is 32.2 Å². The first kappa shape index (κ1) is 22.4. The van der Waals surface area contributed by atoms with Crippen molar-refractivity contribution in [3.05, 3.63) is 92.8 Å². The molecule has 0 saturated carbocycles. The summed E-state index contributed by atoms with van der Waals surface area (Å²) < 4.78 is 6.08. The van der Waals surface area contributed by atoms with E-state index >= 15 is 0 Å². The van der Waals surface area contributed by atoms with Crippen LogP contribution in [0.15, 0.2) is 64.3 Å². The predicted octanol–water partition coefficient (Wildman–Crippen LogP) is 4.51. The predicted molar refractivity (Wildman–Crippen MR) is 138 cm³/mol. The van der Waals surface area contributed by atoms with Crippen LogP contribution < -0.4 is 15.2 Å². The van der Waals surface area contributed by atoms with Gasteiger partial charge in [0.2, 0.25) is 10.9 Å². The van der Waals surface area contributed by atoms with Crippen LogP contribution in [0.4, 0.5) is 10.8 Å². The third kappa shape index (κ3) is 2.71. The zero-order chi connectivity index (χ0) is 25.4. The molecule has 180 valence electrons. The summed E-state index contributed by atoms with van der Waals surface area (Å²) in [6.45, 7) is 9.83. The maximum Gasteiger partial charge on any atom is 0.297 e. The number of hydrogen-bond acceptors (Lipinski definition) is 7. The molecule has 36 heavy (non-hydrogen) atoms. The number of hydrogen-bond donors (Lipinski definition) is 0. The normalized spacial score (nSPS) is 18.6. The lowest BCUT2D eigenvalue weighted by molar-refractivity contribution is -0.121. The molecule has 0 N–H and O–H groups in total. The van der Waals surface area contributed by atoms with Gasteiger partial charge in [-0.2, -0.15) is 0 Å². The van der Waals surface area contributed by atoms with Crippen LogP contribution >= 0.6 is 11.3 Å². The van der Waals surface area contributed by atoms with Gasteiger partial charge in [0.1, 0.15) is 10.6 Å². The van der Waals surface area contributed by atoms with Crippen molar-refractivity contribution in [2.75, 3.05) is 16.3 Å². The van der Waals surface area contributed by atoms with E-state index in [-0.39, 0.29) is 34.5 Å². The molecule has 6 rings (SSSR count). The summed E-state index contributed by atoms with van der Waals surface area (Å²) in [5.74, 6) is -1.11. The van der Waals surface area contributed by atoms with Crippen molar-refractivity contribution in [1.82, 2.24) is 10.2 Å². The second kappa shape index (κ2) is 7.69. The minimum atomic E-state index is -1.77. The monoisotopic (exact) mass is 498 g/mol. The van der Waals surface area contributed by atoms with Crippen molar-refractivity contribution in [3.63, 3.8) is 0 Å². The summed E-state index contributed by atoms with van der Waals surface area (Å²) in [5, 5.41) is 9.83. The molecule has 0 radical (unpaired) electrons. The second-order valence-electron chi connectivity index (χ2n) is 9.29. The fourth-order valence-electron chi connectivity index (χ4n) is 5.14. The number of nitrogens with zero attached hydrogens (tertiary/aromatic N) is 4. The van der Waals surface area contributed by atoms with Crippen molar-refractivity contribution in [1.29, 1.82) is 0 Å². The zero-order valence-electron chi connectivity index (χ0n) is 19.9. The van der Waals surface area contributed by atoms with Crippen LogP contribution in [0, 0.1) is 6.92 Å². The molecule has 1 unspecified atom stereocenters. The van der Waals surface area contributed by atoms with Crippen molar-refractivity contribution >= 4 is 44.9 Å². The number of carbonyl (C=O) groups excluding carboxylic acids is 2. The topological polar surface area (TPSA) is 96.6 Å². The van der Waals surface area contributed by atoms with Gasteiger partial charge in [0, 0.05) is 18.0 Å². The van der Waals surface area contributed by atoms with E-state index in [1.807, 2.05) is 32.9 Å². The lowest BCUT2D eigenvalue weighted by Crippen LogP contribution is -2.53. The fourth-order valence-corrected chi connectivity index (χ4v) is 6.03. The highest BCUT2D eigenvalue weighted by Gasteiger charge is 2.66. The highest BCUT2D eigenvalue weighted by atomic mass is 32.1. The Morgan fingerprint density at radius 3 is 2.64 bits per heavy atom. The molecule has 2 aromatic carbocycles. The molecule has 2 aliphatic rings. The lowest BCUT2D eigenvalue weighted by Gasteiger charge is -2.32. The molecule has 9 heteroatoms. The van der Waals surface area contributed by atoms with Gasteiger partial charge in [-0.05, 0) is 25.1 Å².